The average Bonchev–Trinajstić information content (AvgIpc) is 3.27. The summed E-state index contributed by atoms with van der Waals surface area (Å²) in [6.45, 7) is 1.73. The first-order valence-electron chi connectivity index (χ1n) is 12.6. The number of aryl methyl sites for hydroxylation is 1. The summed E-state index contributed by atoms with van der Waals surface area (Å²) in [4.78, 5) is 59.7. The number of ketones is 2. The molecule has 3 heterocycles. The molecule has 2 aliphatic rings. The van der Waals surface area contributed by atoms with Crippen LogP contribution in [0.15, 0.2) is 50.5 Å². The number of nitrogens with zero attached hydrogens (tertiary/aromatic N) is 3. The molecular weight excluding hydrogens is 618 g/mol. The maximum Gasteiger partial charge on any atom is 0.332 e. The molecule has 1 aliphatic heterocycles. The second kappa shape index (κ2) is 9.56. The summed E-state index contributed by atoms with van der Waals surface area (Å²) >= 11 is 9.92. The summed E-state index contributed by atoms with van der Waals surface area (Å²) in [6.07, 6.45) is 0.170. The molecule has 0 saturated heterocycles. The number of aromatic nitrogens is 3. The van der Waals surface area contributed by atoms with Gasteiger partial charge in [-0.1, -0.05) is 46.6 Å². The molecule has 0 fully saturated rings. The molecule has 12 heteroatoms. The average molecular weight is 641 g/mol. The smallest absolute Gasteiger partial charge is 0.332 e. The van der Waals surface area contributed by atoms with Crippen LogP contribution in [0.3, 0.4) is 0 Å². The van der Waals surface area contributed by atoms with Crippen molar-refractivity contribution < 1.29 is 23.8 Å². The predicted molar refractivity (Wildman–Crippen MR) is 154 cm³/mol. The number of halogens is 2. The molecule has 2 atom stereocenters. The summed E-state index contributed by atoms with van der Waals surface area (Å²) in [7, 11) is 4.33. The molecule has 0 bridgehead atoms. The summed E-state index contributed by atoms with van der Waals surface area (Å²) in [5, 5.41) is 0.112. The van der Waals surface area contributed by atoms with Crippen molar-refractivity contribution in [3.63, 3.8) is 0 Å². The van der Waals surface area contributed by atoms with E-state index in [9.17, 15) is 19.2 Å². The van der Waals surface area contributed by atoms with Crippen LogP contribution in [0.5, 0.6) is 17.2 Å². The molecule has 210 valence electrons. The van der Waals surface area contributed by atoms with E-state index in [1.165, 1.54) is 38.0 Å². The van der Waals surface area contributed by atoms with Gasteiger partial charge in [-0.05, 0) is 30.2 Å². The zero-order chi connectivity index (χ0) is 29.4. The lowest BCUT2D eigenvalue weighted by Gasteiger charge is -2.36. The number of methoxy groups -OCH3 is 2. The monoisotopic (exact) mass is 639 g/mol. The molecule has 1 spiro atoms. The van der Waals surface area contributed by atoms with Crippen LogP contribution >= 0.6 is 27.5 Å². The lowest BCUT2D eigenvalue weighted by molar-refractivity contribution is 0.0257. The second-order valence-corrected chi connectivity index (χ2v) is 11.4. The fourth-order valence-electron chi connectivity index (χ4n) is 5.70. The number of ether oxygens (including phenoxy) is 3. The SMILES string of the molecule is COc1cc(OC)c2c(c1Cl)O[C@@]1(C(=O)c3cc4c(=O)n(Cc5cccc(Br)c5)c(=O)n(C)c4nc3C[C@H]1C)C2=O. The third-order valence-electron chi connectivity index (χ3n) is 7.82. The summed E-state index contributed by atoms with van der Waals surface area (Å²) in [5.41, 5.74) is -1.71. The van der Waals surface area contributed by atoms with E-state index in [0.29, 0.717) is 5.69 Å². The van der Waals surface area contributed by atoms with Crippen molar-refractivity contribution in [3.05, 3.63) is 89.1 Å². The van der Waals surface area contributed by atoms with Crippen molar-refractivity contribution in [2.45, 2.75) is 25.5 Å². The van der Waals surface area contributed by atoms with Crippen molar-refractivity contribution in [1.29, 1.82) is 0 Å². The van der Waals surface area contributed by atoms with E-state index in [1.807, 2.05) is 12.1 Å². The molecule has 1 aliphatic carbocycles. The fraction of sp³-hybridized carbons (Fsp3) is 0.276. The second-order valence-electron chi connectivity index (χ2n) is 10.1. The Morgan fingerprint density at radius 2 is 1.83 bits per heavy atom. The lowest BCUT2D eigenvalue weighted by Crippen LogP contribution is -2.57. The number of pyridine rings is 1. The third kappa shape index (κ3) is 3.78. The molecule has 6 rings (SSSR count). The number of rotatable bonds is 4. The zero-order valence-corrected chi connectivity index (χ0v) is 24.8. The number of fused-ring (bicyclic) bond motifs is 3. The Labute approximate surface area is 246 Å². The van der Waals surface area contributed by atoms with Gasteiger partial charge >= 0.3 is 5.69 Å². The lowest BCUT2D eigenvalue weighted by atomic mass is 9.71. The van der Waals surface area contributed by atoms with Gasteiger partial charge in [-0.25, -0.2) is 9.78 Å². The summed E-state index contributed by atoms with van der Waals surface area (Å²) in [5.74, 6) is -1.51. The number of Topliss-reactive ketones (excluding diaryl/α,β-unsaturated/α-hetero) is 2. The summed E-state index contributed by atoms with van der Waals surface area (Å²) < 4.78 is 20.1. The highest BCUT2D eigenvalue weighted by Crippen LogP contribution is 2.53. The van der Waals surface area contributed by atoms with Crippen LogP contribution in [0.1, 0.15) is 38.9 Å². The molecule has 41 heavy (non-hydrogen) atoms. The van der Waals surface area contributed by atoms with Gasteiger partial charge in [-0.2, -0.15) is 0 Å². The number of hydrogen-bond donors (Lipinski definition) is 0. The number of benzene rings is 2. The normalized spacial score (nSPS) is 19.3. The molecule has 0 amide bonds. The molecule has 10 nitrogen and oxygen atoms in total. The largest absolute Gasteiger partial charge is 0.496 e. The Morgan fingerprint density at radius 3 is 2.51 bits per heavy atom. The van der Waals surface area contributed by atoms with E-state index in [-0.39, 0.29) is 57.4 Å². The number of hydrogen-bond acceptors (Lipinski definition) is 8. The van der Waals surface area contributed by atoms with Gasteiger partial charge in [0.05, 0.1) is 31.8 Å². The van der Waals surface area contributed by atoms with E-state index >= 15 is 0 Å². The highest BCUT2D eigenvalue weighted by molar-refractivity contribution is 9.10. The van der Waals surface area contributed by atoms with Crippen LogP contribution in [-0.4, -0.2) is 45.5 Å². The van der Waals surface area contributed by atoms with Gasteiger partial charge in [0.25, 0.3) is 5.56 Å². The number of carbonyl (C=O) groups excluding carboxylic acids is 2. The van der Waals surface area contributed by atoms with E-state index in [1.54, 1.807) is 19.1 Å². The van der Waals surface area contributed by atoms with Crippen LogP contribution in [0.4, 0.5) is 0 Å². The van der Waals surface area contributed by atoms with Gasteiger partial charge in [-0.3, -0.25) is 23.5 Å². The van der Waals surface area contributed by atoms with Crippen molar-refractivity contribution in [3.8, 4) is 17.2 Å². The van der Waals surface area contributed by atoms with Gasteiger partial charge < -0.3 is 14.2 Å². The highest BCUT2D eigenvalue weighted by atomic mass is 79.9. The minimum Gasteiger partial charge on any atom is -0.496 e. The van der Waals surface area contributed by atoms with Crippen molar-refractivity contribution in [2.24, 2.45) is 13.0 Å². The molecule has 0 unspecified atom stereocenters. The molecule has 2 aromatic heterocycles. The van der Waals surface area contributed by atoms with Gasteiger partial charge in [-0.15, -0.1) is 0 Å². The molecule has 4 aromatic rings. The minimum atomic E-state index is -1.94. The minimum absolute atomic E-state index is 0.00374. The molecular formula is C29H23BrClN3O7. The third-order valence-corrected chi connectivity index (χ3v) is 8.67. The Morgan fingerprint density at radius 1 is 1.10 bits per heavy atom. The van der Waals surface area contributed by atoms with Gasteiger partial charge in [0.2, 0.25) is 17.2 Å². The standard InChI is InChI=1S/C29H23BrClN3O7/c1-13-8-18-16(24(35)29(13)25(36)21-19(39-3)11-20(40-4)22(31)23(21)41-29)10-17-26(32-18)33(2)28(38)34(27(17)37)12-14-6-5-7-15(30)9-14/h5-7,9-11,13H,8,12H2,1-4H3/t13-,29+/m1/s1. The van der Waals surface area contributed by atoms with Crippen LogP contribution < -0.4 is 25.5 Å². The maximum atomic E-state index is 14.2. The first kappa shape index (κ1) is 27.2. The first-order chi connectivity index (χ1) is 19.5. The predicted octanol–water partition coefficient (Wildman–Crippen LogP) is 3.97. The zero-order valence-electron chi connectivity index (χ0n) is 22.4. The Kier molecular flexibility index (Phi) is 6.35. The first-order valence-corrected chi connectivity index (χ1v) is 13.8. The molecule has 0 radical (unpaired) electrons. The molecule has 0 saturated carbocycles. The van der Waals surface area contributed by atoms with E-state index in [2.05, 4.69) is 20.9 Å². The Bertz CT molecular complexity index is 1950. The van der Waals surface area contributed by atoms with Crippen LogP contribution in [0, 0.1) is 5.92 Å². The maximum absolute atomic E-state index is 14.2. The van der Waals surface area contributed by atoms with Gasteiger partial charge in [0.1, 0.15) is 27.7 Å². The number of carbonyl (C=O) groups is 2. The Balaban J connectivity index is 1.52. The molecule has 0 N–H and O–H groups in total. The van der Waals surface area contributed by atoms with Gasteiger partial charge in [0.15, 0.2) is 5.75 Å². The van der Waals surface area contributed by atoms with Crippen molar-refractivity contribution >= 4 is 50.1 Å². The van der Waals surface area contributed by atoms with E-state index < -0.39 is 34.3 Å². The van der Waals surface area contributed by atoms with Crippen molar-refractivity contribution in [1.82, 2.24) is 14.1 Å². The van der Waals surface area contributed by atoms with Gasteiger partial charge in [0, 0.05) is 29.1 Å². The quantitative estimate of drug-likeness (QED) is 0.308. The molecule has 2 aromatic carbocycles. The Hall–Kier alpha value is -3.96. The van der Waals surface area contributed by atoms with E-state index in [0.717, 1.165) is 14.6 Å². The van der Waals surface area contributed by atoms with Crippen LogP contribution in [0.2, 0.25) is 5.02 Å². The van der Waals surface area contributed by atoms with Crippen molar-refractivity contribution in [2.75, 3.05) is 14.2 Å². The topological polar surface area (TPSA) is 119 Å². The summed E-state index contributed by atoms with van der Waals surface area (Å²) in [6, 6.07) is 10.1. The van der Waals surface area contributed by atoms with Crippen LogP contribution in [0.25, 0.3) is 11.0 Å². The van der Waals surface area contributed by atoms with Crippen LogP contribution in [-0.2, 0) is 20.0 Å². The fourth-order valence-corrected chi connectivity index (χ4v) is 6.41. The highest BCUT2D eigenvalue weighted by Gasteiger charge is 2.62. The van der Waals surface area contributed by atoms with E-state index in [4.69, 9.17) is 25.8 Å².